The number of aryl methyl sites for hydroxylation is 1. The number of ether oxygens (including phenoxy) is 1. The molecule has 2 unspecified atom stereocenters. The number of likely N-dealkylation sites (N-methyl/N-ethyl adjacent to an activating group) is 1. The van der Waals surface area contributed by atoms with Crippen LogP contribution in [-0.4, -0.2) is 130 Å². The number of methoxy groups -OCH3 is 1. The number of amides is 3. The molecule has 16 heteroatoms. The number of anilines is 3. The monoisotopic (exact) mass is 930 g/mol. The van der Waals surface area contributed by atoms with E-state index in [9.17, 15) is 33.1 Å². The Labute approximate surface area is 392 Å². The van der Waals surface area contributed by atoms with E-state index < -0.39 is 40.7 Å². The summed E-state index contributed by atoms with van der Waals surface area (Å²) in [5.74, 6) is -2.44. The fourth-order valence-corrected chi connectivity index (χ4v) is 11.7. The van der Waals surface area contributed by atoms with Gasteiger partial charge >= 0.3 is 0 Å². The van der Waals surface area contributed by atoms with Gasteiger partial charge in [0.15, 0.2) is 11.6 Å². The van der Waals surface area contributed by atoms with Crippen LogP contribution < -0.4 is 24.8 Å². The molecule has 1 saturated carbocycles. The predicted molar refractivity (Wildman–Crippen MR) is 251 cm³/mol. The van der Waals surface area contributed by atoms with Crippen LogP contribution in [0.5, 0.6) is 11.5 Å². The highest BCUT2D eigenvalue weighted by atomic mass is 19.1. The molecule has 1 spiro atoms. The van der Waals surface area contributed by atoms with E-state index in [0.717, 1.165) is 120 Å². The number of carbonyl (C=O) groups is 4. The number of phenolic OH excluding ortho intramolecular Hbond substituents is 1. The summed E-state index contributed by atoms with van der Waals surface area (Å²) in [6.07, 6.45) is 8.72. The molecule has 1 aliphatic carbocycles. The molecular formula is C51H66F3N7O6. The lowest BCUT2D eigenvalue weighted by molar-refractivity contribution is -0.140. The maximum atomic E-state index is 16.3. The quantitative estimate of drug-likeness (QED) is 0.113. The van der Waals surface area contributed by atoms with Crippen LogP contribution in [-0.2, 0) is 25.7 Å². The first-order valence-corrected chi connectivity index (χ1v) is 24.2. The van der Waals surface area contributed by atoms with Crippen molar-refractivity contribution >= 4 is 41.6 Å². The van der Waals surface area contributed by atoms with E-state index in [2.05, 4.69) is 43.1 Å². The highest BCUT2D eigenvalue weighted by Crippen LogP contribution is 2.63. The number of benzene rings is 3. The number of phenols is 1. The number of aromatic hydroxyl groups is 1. The summed E-state index contributed by atoms with van der Waals surface area (Å²) < 4.78 is 51.1. The van der Waals surface area contributed by atoms with Gasteiger partial charge in [-0.1, -0.05) is 18.9 Å². The molecule has 362 valence electrons. The van der Waals surface area contributed by atoms with Crippen LogP contribution in [0.2, 0.25) is 0 Å². The van der Waals surface area contributed by atoms with Gasteiger partial charge in [-0.05, 0) is 93.0 Å². The van der Waals surface area contributed by atoms with Crippen molar-refractivity contribution in [3.8, 4) is 11.5 Å². The summed E-state index contributed by atoms with van der Waals surface area (Å²) in [7, 11) is 3.04. The second kappa shape index (κ2) is 20.9. The normalized spacial score (nSPS) is 21.1. The summed E-state index contributed by atoms with van der Waals surface area (Å²) >= 11 is 0. The highest BCUT2D eigenvalue weighted by Gasteiger charge is 2.63. The summed E-state index contributed by atoms with van der Waals surface area (Å²) in [6, 6.07) is 9.53. The molecule has 8 rings (SSSR count). The zero-order valence-electron chi connectivity index (χ0n) is 39.2. The Morgan fingerprint density at radius 3 is 2.07 bits per heavy atom. The molecular weight excluding hydrogens is 864 g/mol. The Morgan fingerprint density at radius 2 is 1.49 bits per heavy atom. The number of hydrogen-bond acceptors (Lipinski definition) is 10. The van der Waals surface area contributed by atoms with Crippen LogP contribution in [0.15, 0.2) is 42.5 Å². The summed E-state index contributed by atoms with van der Waals surface area (Å²) in [5, 5.41) is 13.2. The lowest BCUT2D eigenvalue weighted by atomic mass is 9.66. The van der Waals surface area contributed by atoms with Crippen molar-refractivity contribution in [2.75, 3.05) is 94.3 Å². The van der Waals surface area contributed by atoms with Gasteiger partial charge in [0.1, 0.15) is 29.7 Å². The number of rotatable bonds is 17. The molecule has 13 nitrogen and oxygen atoms in total. The minimum absolute atomic E-state index is 0.199. The van der Waals surface area contributed by atoms with E-state index in [4.69, 9.17) is 4.74 Å². The van der Waals surface area contributed by atoms with E-state index >= 15 is 4.39 Å². The minimum atomic E-state index is -1.17. The molecule has 2 atom stereocenters. The van der Waals surface area contributed by atoms with Gasteiger partial charge in [0.2, 0.25) is 18.2 Å². The topological polar surface area (TPSA) is 129 Å². The first-order chi connectivity index (χ1) is 32.4. The predicted octanol–water partition coefficient (Wildman–Crippen LogP) is 6.58. The van der Waals surface area contributed by atoms with E-state index in [0.29, 0.717) is 73.8 Å². The van der Waals surface area contributed by atoms with Crippen LogP contribution in [0.3, 0.4) is 0 Å². The third kappa shape index (κ3) is 9.97. The highest BCUT2D eigenvalue weighted by molar-refractivity contribution is 6.07. The second-order valence-corrected chi connectivity index (χ2v) is 19.5. The number of nitrogens with one attached hydrogen (secondary N) is 1. The number of nitrogens with zero attached hydrogens (tertiary/aromatic N) is 6. The number of piperazine rings is 1. The first kappa shape index (κ1) is 48.1. The Balaban J connectivity index is 0.806. The van der Waals surface area contributed by atoms with Crippen molar-refractivity contribution in [2.24, 2.45) is 17.3 Å². The van der Waals surface area contributed by atoms with Crippen LogP contribution in [0.1, 0.15) is 86.9 Å². The molecule has 5 fully saturated rings. The van der Waals surface area contributed by atoms with Crippen molar-refractivity contribution in [2.45, 2.75) is 89.8 Å². The van der Waals surface area contributed by atoms with Gasteiger partial charge in [-0.25, -0.2) is 13.2 Å². The molecule has 0 radical (unpaired) electrons. The maximum Gasteiger partial charge on any atom is 0.242 e. The van der Waals surface area contributed by atoms with E-state index in [1.54, 1.807) is 6.07 Å². The van der Waals surface area contributed by atoms with Gasteiger partial charge in [0, 0.05) is 115 Å². The molecule has 4 heterocycles. The average Bonchev–Trinajstić information content (AvgIpc) is 3.86. The Bertz CT molecular complexity index is 2270. The molecule has 4 saturated heterocycles. The Morgan fingerprint density at radius 1 is 0.866 bits per heavy atom. The Hall–Kier alpha value is -5.35. The Kier molecular flexibility index (Phi) is 15.0. The molecule has 5 aliphatic rings. The van der Waals surface area contributed by atoms with Crippen molar-refractivity contribution < 1.29 is 42.2 Å². The standard InChI is InChI=1S/C51H66F3N7O6/c1-34-8-9-39(25-37(34)32-60(33-63)43(7-6-24-62)49(65)55-2)58-16-10-35(11-17-58)30-56-20-22-57(23-21-56)31-36-12-18-59(19-13-36)44-29-46(67-3)40(28-41(44)53)48-51(14-4-5-15-51)50(66)61(48)45-27-38(52)26-42(54)47(45)64/h8-9,24-29,33,35-36,43,48,64H,4-7,10-23,30-32H2,1-3H3,(H,55,65). The van der Waals surface area contributed by atoms with Crippen molar-refractivity contribution in [3.63, 3.8) is 0 Å². The van der Waals surface area contributed by atoms with Gasteiger partial charge in [0.05, 0.1) is 29.9 Å². The fourth-order valence-electron chi connectivity index (χ4n) is 11.7. The smallest absolute Gasteiger partial charge is 0.242 e. The fraction of sp³-hybridized carbons (Fsp3) is 0.569. The number of hydrogen-bond donors (Lipinski definition) is 2. The van der Waals surface area contributed by atoms with Gasteiger partial charge in [0.25, 0.3) is 0 Å². The summed E-state index contributed by atoms with van der Waals surface area (Å²) in [5.41, 5.74) is 2.88. The van der Waals surface area contributed by atoms with E-state index in [1.165, 1.54) is 30.0 Å². The van der Waals surface area contributed by atoms with Gasteiger partial charge < -0.3 is 44.5 Å². The third-order valence-corrected chi connectivity index (χ3v) is 15.5. The number of aldehydes is 1. The first-order valence-electron chi connectivity index (χ1n) is 24.2. The van der Waals surface area contributed by atoms with Crippen molar-refractivity contribution in [1.29, 1.82) is 0 Å². The van der Waals surface area contributed by atoms with Gasteiger partial charge in [-0.3, -0.25) is 19.3 Å². The number of halogens is 3. The van der Waals surface area contributed by atoms with Gasteiger partial charge in [-0.2, -0.15) is 0 Å². The molecule has 0 aromatic heterocycles. The second-order valence-electron chi connectivity index (χ2n) is 19.5. The van der Waals surface area contributed by atoms with Crippen LogP contribution in [0, 0.1) is 41.6 Å². The molecule has 0 bridgehead atoms. The lowest BCUT2D eigenvalue weighted by Crippen LogP contribution is -2.62. The molecule has 67 heavy (non-hydrogen) atoms. The SMILES string of the molecule is CNC(=O)C(CCC=O)N(C=O)Cc1cc(N2CCC(CN3CCN(CC4CCN(c5cc(OC)c(C6N(c7cc(F)cc(F)c7O)C(=O)C67CCCC7)cc5F)CC4)CC3)CC2)ccc1C. The number of piperidine rings is 2. The molecule has 2 N–H and O–H groups in total. The van der Waals surface area contributed by atoms with Crippen LogP contribution in [0.4, 0.5) is 30.2 Å². The summed E-state index contributed by atoms with van der Waals surface area (Å²) in [6.45, 7) is 11.8. The zero-order valence-corrected chi connectivity index (χ0v) is 39.2. The molecule has 3 amide bonds. The third-order valence-electron chi connectivity index (χ3n) is 15.5. The van der Waals surface area contributed by atoms with Gasteiger partial charge in [-0.15, -0.1) is 0 Å². The molecule has 3 aromatic carbocycles. The number of β-lactam (4-membered cyclic amide) rings is 1. The van der Waals surface area contributed by atoms with E-state index in [1.807, 2.05) is 6.92 Å². The average molecular weight is 930 g/mol. The van der Waals surface area contributed by atoms with Crippen LogP contribution in [0.25, 0.3) is 0 Å². The lowest BCUT2D eigenvalue weighted by Gasteiger charge is -2.55. The summed E-state index contributed by atoms with van der Waals surface area (Å²) in [4.78, 5) is 61.9. The molecule has 4 aliphatic heterocycles. The minimum Gasteiger partial charge on any atom is -0.503 e. The van der Waals surface area contributed by atoms with Crippen molar-refractivity contribution in [3.05, 3.63) is 76.6 Å². The maximum absolute atomic E-state index is 16.3. The zero-order chi connectivity index (χ0) is 47.4. The number of carbonyl (C=O) groups excluding carboxylic acids is 4. The van der Waals surface area contributed by atoms with E-state index in [-0.39, 0.29) is 30.3 Å². The largest absolute Gasteiger partial charge is 0.503 e. The van der Waals surface area contributed by atoms with Crippen molar-refractivity contribution in [1.82, 2.24) is 20.0 Å². The molecule has 3 aromatic rings. The van der Waals surface area contributed by atoms with Crippen LogP contribution >= 0.6 is 0 Å².